The second kappa shape index (κ2) is 5.55. The van der Waals surface area contributed by atoms with Crippen molar-refractivity contribution in [3.63, 3.8) is 0 Å². The fourth-order valence-corrected chi connectivity index (χ4v) is 1.17. The summed E-state index contributed by atoms with van der Waals surface area (Å²) >= 11 is 0. The van der Waals surface area contributed by atoms with Gasteiger partial charge in [-0.15, -0.1) is 0 Å². The predicted octanol–water partition coefficient (Wildman–Crippen LogP) is 1.52. The first-order valence-electron chi connectivity index (χ1n) is 5.29. The largest absolute Gasteiger partial charge is 0.314 e. The first-order chi connectivity index (χ1) is 5.83. The van der Waals surface area contributed by atoms with Crippen molar-refractivity contribution < 1.29 is 0 Å². The predicted molar refractivity (Wildman–Crippen MR) is 53.4 cm³/mol. The first kappa shape index (κ1) is 10.0. The van der Waals surface area contributed by atoms with Gasteiger partial charge in [0.25, 0.3) is 0 Å². The third kappa shape index (κ3) is 4.73. The molecule has 72 valence electrons. The van der Waals surface area contributed by atoms with Gasteiger partial charge in [-0.3, -0.25) is 0 Å². The Balaban J connectivity index is 1.75. The summed E-state index contributed by atoms with van der Waals surface area (Å²) in [6.45, 7) is 6.82. The van der Waals surface area contributed by atoms with E-state index in [2.05, 4.69) is 24.5 Å². The van der Waals surface area contributed by atoms with E-state index < -0.39 is 0 Å². The van der Waals surface area contributed by atoms with Crippen LogP contribution < -0.4 is 10.6 Å². The monoisotopic (exact) mass is 170 g/mol. The zero-order valence-corrected chi connectivity index (χ0v) is 8.40. The van der Waals surface area contributed by atoms with Crippen molar-refractivity contribution in [3.05, 3.63) is 0 Å². The van der Waals surface area contributed by atoms with E-state index in [1.165, 1.54) is 32.2 Å². The molecule has 1 aliphatic carbocycles. The van der Waals surface area contributed by atoms with Crippen LogP contribution in [0.5, 0.6) is 0 Å². The smallest absolute Gasteiger partial charge is 0.00682 e. The minimum absolute atomic E-state index is 0.686. The molecule has 1 fully saturated rings. The van der Waals surface area contributed by atoms with Crippen molar-refractivity contribution >= 4 is 0 Å². The molecular formula is C10H22N2. The summed E-state index contributed by atoms with van der Waals surface area (Å²) in [5.41, 5.74) is 0. The number of rotatable bonds is 7. The third-order valence-corrected chi connectivity index (χ3v) is 2.47. The summed E-state index contributed by atoms with van der Waals surface area (Å²) in [7, 11) is 0. The van der Waals surface area contributed by atoms with Gasteiger partial charge in [0.15, 0.2) is 0 Å². The lowest BCUT2D eigenvalue weighted by atomic mass is 10.2. The highest BCUT2D eigenvalue weighted by Crippen LogP contribution is 2.18. The highest BCUT2D eigenvalue weighted by molar-refractivity contribution is 4.80. The lowest BCUT2D eigenvalue weighted by molar-refractivity contribution is 0.511. The van der Waals surface area contributed by atoms with Gasteiger partial charge in [-0.1, -0.05) is 6.92 Å². The third-order valence-electron chi connectivity index (χ3n) is 2.47. The molecule has 1 saturated carbocycles. The summed E-state index contributed by atoms with van der Waals surface area (Å²) in [5.74, 6) is 0. The van der Waals surface area contributed by atoms with E-state index in [9.17, 15) is 0 Å². The number of hydrogen-bond donors (Lipinski definition) is 2. The van der Waals surface area contributed by atoms with E-state index in [0.717, 1.165) is 12.6 Å². The van der Waals surface area contributed by atoms with Gasteiger partial charge < -0.3 is 10.6 Å². The van der Waals surface area contributed by atoms with E-state index in [1.54, 1.807) is 0 Å². The summed E-state index contributed by atoms with van der Waals surface area (Å²) in [4.78, 5) is 0. The molecule has 0 radical (unpaired) electrons. The Bertz CT molecular complexity index is 110. The molecule has 0 bridgehead atoms. The fraction of sp³-hybridized carbons (Fsp3) is 1.00. The van der Waals surface area contributed by atoms with Gasteiger partial charge in [0, 0.05) is 12.1 Å². The van der Waals surface area contributed by atoms with Gasteiger partial charge in [0.2, 0.25) is 0 Å². The summed E-state index contributed by atoms with van der Waals surface area (Å²) in [5, 5.41) is 6.99. The topological polar surface area (TPSA) is 24.1 Å². The standard InChI is InChI=1S/C10H22N2/c1-3-9(2)11-7-4-8-12-10-5-6-10/h9-12H,3-8H2,1-2H3. The molecule has 0 aromatic heterocycles. The molecule has 1 unspecified atom stereocenters. The SMILES string of the molecule is CCC(C)NCCCNC1CC1. The molecule has 2 N–H and O–H groups in total. The van der Waals surface area contributed by atoms with E-state index in [4.69, 9.17) is 0 Å². The molecule has 2 nitrogen and oxygen atoms in total. The average molecular weight is 170 g/mol. The van der Waals surface area contributed by atoms with Crippen LogP contribution >= 0.6 is 0 Å². The fourth-order valence-electron chi connectivity index (χ4n) is 1.17. The van der Waals surface area contributed by atoms with E-state index >= 15 is 0 Å². The second-order valence-corrected chi connectivity index (χ2v) is 3.85. The van der Waals surface area contributed by atoms with Gasteiger partial charge in [-0.25, -0.2) is 0 Å². The maximum absolute atomic E-state index is 3.51. The van der Waals surface area contributed by atoms with Crippen molar-refractivity contribution in [3.8, 4) is 0 Å². The second-order valence-electron chi connectivity index (χ2n) is 3.85. The van der Waals surface area contributed by atoms with Crippen molar-refractivity contribution in [1.29, 1.82) is 0 Å². The number of nitrogens with one attached hydrogen (secondary N) is 2. The normalized spacial score (nSPS) is 19.5. The Morgan fingerprint density at radius 2 is 2.08 bits per heavy atom. The summed E-state index contributed by atoms with van der Waals surface area (Å²) < 4.78 is 0. The Hall–Kier alpha value is -0.0800. The number of hydrogen-bond acceptors (Lipinski definition) is 2. The van der Waals surface area contributed by atoms with Gasteiger partial charge >= 0.3 is 0 Å². The Labute approximate surface area is 76.1 Å². The van der Waals surface area contributed by atoms with Crippen molar-refractivity contribution in [1.82, 2.24) is 10.6 Å². The van der Waals surface area contributed by atoms with E-state index in [-0.39, 0.29) is 0 Å². The minimum atomic E-state index is 0.686. The molecular weight excluding hydrogens is 148 g/mol. The minimum Gasteiger partial charge on any atom is -0.314 e. The maximum atomic E-state index is 3.51. The molecule has 0 saturated heterocycles. The quantitative estimate of drug-likeness (QED) is 0.566. The molecule has 0 heterocycles. The van der Waals surface area contributed by atoms with Gasteiger partial charge in [-0.05, 0) is 45.7 Å². The molecule has 0 amide bonds. The summed E-state index contributed by atoms with van der Waals surface area (Å²) in [6, 6.07) is 1.56. The van der Waals surface area contributed by atoms with E-state index in [0.29, 0.717) is 6.04 Å². The molecule has 0 aromatic carbocycles. The highest BCUT2D eigenvalue weighted by Gasteiger charge is 2.19. The van der Waals surface area contributed by atoms with Crippen LogP contribution in [0.1, 0.15) is 39.5 Å². The first-order valence-corrected chi connectivity index (χ1v) is 5.29. The van der Waals surface area contributed by atoms with Crippen LogP contribution in [0, 0.1) is 0 Å². The summed E-state index contributed by atoms with van der Waals surface area (Å²) in [6.07, 6.45) is 5.30. The van der Waals surface area contributed by atoms with Crippen molar-refractivity contribution in [2.45, 2.75) is 51.6 Å². The van der Waals surface area contributed by atoms with Crippen LogP contribution in [0.15, 0.2) is 0 Å². The van der Waals surface area contributed by atoms with Crippen LogP contribution in [0.3, 0.4) is 0 Å². The molecule has 12 heavy (non-hydrogen) atoms. The Morgan fingerprint density at radius 1 is 1.33 bits per heavy atom. The molecule has 0 aliphatic heterocycles. The Morgan fingerprint density at radius 3 is 2.67 bits per heavy atom. The van der Waals surface area contributed by atoms with Crippen molar-refractivity contribution in [2.75, 3.05) is 13.1 Å². The highest BCUT2D eigenvalue weighted by atomic mass is 15.0. The van der Waals surface area contributed by atoms with Crippen LogP contribution in [0.25, 0.3) is 0 Å². The molecule has 0 aromatic rings. The lowest BCUT2D eigenvalue weighted by Gasteiger charge is -2.10. The van der Waals surface area contributed by atoms with Gasteiger partial charge in [0.1, 0.15) is 0 Å². The molecule has 2 heteroatoms. The molecule has 1 rings (SSSR count). The molecule has 1 aliphatic rings. The van der Waals surface area contributed by atoms with E-state index in [1.807, 2.05) is 0 Å². The van der Waals surface area contributed by atoms with Crippen LogP contribution in [0.2, 0.25) is 0 Å². The molecule has 1 atom stereocenters. The molecule has 0 spiro atoms. The van der Waals surface area contributed by atoms with Gasteiger partial charge in [0.05, 0.1) is 0 Å². The van der Waals surface area contributed by atoms with Gasteiger partial charge in [-0.2, -0.15) is 0 Å². The van der Waals surface area contributed by atoms with Crippen LogP contribution in [0.4, 0.5) is 0 Å². The van der Waals surface area contributed by atoms with Crippen molar-refractivity contribution in [2.24, 2.45) is 0 Å². The zero-order valence-electron chi connectivity index (χ0n) is 8.40. The average Bonchev–Trinajstić information content (AvgIpc) is 2.87. The van der Waals surface area contributed by atoms with Crippen LogP contribution in [-0.2, 0) is 0 Å². The lowest BCUT2D eigenvalue weighted by Crippen LogP contribution is -2.29. The van der Waals surface area contributed by atoms with Crippen LogP contribution in [-0.4, -0.2) is 25.2 Å². The zero-order chi connectivity index (χ0) is 8.81. The Kier molecular flexibility index (Phi) is 4.62. The maximum Gasteiger partial charge on any atom is 0.00682 e.